The van der Waals surface area contributed by atoms with Crippen molar-refractivity contribution in [2.45, 2.75) is 20.8 Å². The summed E-state index contributed by atoms with van der Waals surface area (Å²) in [6, 6.07) is 8.12. The molecule has 1 heterocycles. The molecule has 12 heteroatoms. The second kappa shape index (κ2) is 14.4. The molecule has 0 saturated carbocycles. The van der Waals surface area contributed by atoms with Gasteiger partial charge in [0.25, 0.3) is 0 Å². The number of benzene rings is 1. The maximum Gasteiger partial charge on any atom is 0.341 e. The van der Waals surface area contributed by atoms with Gasteiger partial charge in [-0.2, -0.15) is 0 Å². The van der Waals surface area contributed by atoms with Gasteiger partial charge in [-0.05, 0) is 61.9 Å². The van der Waals surface area contributed by atoms with E-state index in [0.717, 1.165) is 28.7 Å². The molecule has 2 rings (SSSR count). The topological polar surface area (TPSA) is 133 Å². The number of nitrogens with zero attached hydrogens (tertiary/aromatic N) is 4. The standard InChI is InChI=1S/C26H30N4O7S/c1-7-35-26(32)22-16-23(30(33)34)38-24(22)28-27-20-8-10-21(11-9-20)29(12-14-36-19(6)17(2)3)13-15-37-25(31)18(4)5/h8-11,16H,2,4,6-7,12-15H2,1,3,5H3/b28-27+. The molecule has 0 unspecified atom stereocenters. The lowest BCUT2D eigenvalue weighted by Crippen LogP contribution is -2.31. The lowest BCUT2D eigenvalue weighted by Gasteiger charge is -2.25. The fraction of sp³-hybridized carbons (Fsp3) is 0.308. The second-order valence-corrected chi connectivity index (χ2v) is 8.96. The van der Waals surface area contributed by atoms with E-state index in [1.807, 2.05) is 4.90 Å². The third-order valence-corrected chi connectivity index (χ3v) is 5.87. The van der Waals surface area contributed by atoms with Crippen molar-refractivity contribution >= 4 is 44.7 Å². The van der Waals surface area contributed by atoms with Crippen LogP contribution in [0.15, 0.2) is 77.2 Å². The zero-order chi connectivity index (χ0) is 28.2. The number of nitro groups is 1. The highest BCUT2D eigenvalue weighted by molar-refractivity contribution is 7.19. The molecule has 0 bridgehead atoms. The maximum atomic E-state index is 12.2. The second-order valence-electron chi connectivity index (χ2n) is 7.95. The number of esters is 2. The summed E-state index contributed by atoms with van der Waals surface area (Å²) in [5.74, 6) is -0.685. The Hall–Kier alpha value is -4.32. The van der Waals surface area contributed by atoms with Crippen molar-refractivity contribution in [2.75, 3.05) is 37.8 Å². The zero-order valence-electron chi connectivity index (χ0n) is 21.6. The molecule has 0 atom stereocenters. The zero-order valence-corrected chi connectivity index (χ0v) is 22.4. The molecule has 38 heavy (non-hydrogen) atoms. The van der Waals surface area contributed by atoms with E-state index in [1.54, 1.807) is 45.0 Å². The predicted octanol–water partition coefficient (Wildman–Crippen LogP) is 6.28. The van der Waals surface area contributed by atoms with Gasteiger partial charge in [-0.3, -0.25) is 10.1 Å². The van der Waals surface area contributed by atoms with Gasteiger partial charge in [-0.1, -0.05) is 19.7 Å². The number of hydrogen-bond acceptors (Lipinski definition) is 11. The smallest absolute Gasteiger partial charge is 0.341 e. The van der Waals surface area contributed by atoms with Crippen LogP contribution in [0, 0.1) is 10.1 Å². The summed E-state index contributed by atoms with van der Waals surface area (Å²) in [6.07, 6.45) is 0. The van der Waals surface area contributed by atoms with Crippen molar-refractivity contribution in [3.8, 4) is 0 Å². The first-order valence-corrected chi connectivity index (χ1v) is 12.4. The molecule has 0 N–H and O–H groups in total. The molecule has 0 amide bonds. The van der Waals surface area contributed by atoms with Gasteiger partial charge in [0.1, 0.15) is 24.5 Å². The van der Waals surface area contributed by atoms with Gasteiger partial charge in [-0.15, -0.1) is 10.2 Å². The van der Waals surface area contributed by atoms with E-state index < -0.39 is 16.9 Å². The fourth-order valence-corrected chi connectivity index (χ4v) is 3.65. The van der Waals surface area contributed by atoms with Crippen LogP contribution in [-0.4, -0.2) is 49.8 Å². The quantitative estimate of drug-likeness (QED) is 0.0488. The summed E-state index contributed by atoms with van der Waals surface area (Å²) in [7, 11) is 0. The van der Waals surface area contributed by atoms with E-state index in [1.165, 1.54) is 0 Å². The predicted molar refractivity (Wildman–Crippen MR) is 145 cm³/mol. The molecule has 0 aliphatic carbocycles. The van der Waals surface area contributed by atoms with Gasteiger partial charge in [0, 0.05) is 17.3 Å². The Balaban J connectivity index is 2.18. The van der Waals surface area contributed by atoms with Crippen molar-refractivity contribution in [2.24, 2.45) is 10.2 Å². The Kier molecular flexibility index (Phi) is 11.4. The van der Waals surface area contributed by atoms with E-state index in [0.29, 0.717) is 36.7 Å². The summed E-state index contributed by atoms with van der Waals surface area (Å²) in [5, 5.41) is 19.2. The summed E-state index contributed by atoms with van der Waals surface area (Å²) >= 11 is 0.732. The first kappa shape index (κ1) is 29.9. The van der Waals surface area contributed by atoms with Crippen molar-refractivity contribution in [1.29, 1.82) is 0 Å². The Bertz CT molecular complexity index is 1200. The fourth-order valence-electron chi connectivity index (χ4n) is 2.87. The molecule has 0 spiro atoms. The van der Waals surface area contributed by atoms with Gasteiger partial charge in [0.15, 0.2) is 5.00 Å². The summed E-state index contributed by atoms with van der Waals surface area (Å²) in [5.41, 5.74) is 2.29. The number of rotatable bonds is 15. The SMILES string of the molecule is C=C(C)C(=C)OCCN(CCOC(=O)C(=C)C)c1ccc(/N=N/c2sc([N+](=O)[O-])cc2C(=O)OCC)cc1. The van der Waals surface area contributed by atoms with Crippen molar-refractivity contribution < 1.29 is 28.7 Å². The summed E-state index contributed by atoms with van der Waals surface area (Å²) < 4.78 is 15.8. The molecule has 0 aliphatic heterocycles. The number of thiophene rings is 1. The largest absolute Gasteiger partial charge is 0.492 e. The van der Waals surface area contributed by atoms with Gasteiger partial charge < -0.3 is 19.1 Å². The van der Waals surface area contributed by atoms with Gasteiger partial charge in [0.05, 0.1) is 30.3 Å². The van der Waals surface area contributed by atoms with E-state index >= 15 is 0 Å². The number of azo groups is 1. The van der Waals surface area contributed by atoms with Crippen LogP contribution < -0.4 is 4.90 Å². The molecule has 11 nitrogen and oxygen atoms in total. The molecule has 1 aromatic carbocycles. The van der Waals surface area contributed by atoms with Crippen LogP contribution in [0.2, 0.25) is 0 Å². The lowest BCUT2D eigenvalue weighted by molar-refractivity contribution is -0.380. The molecular formula is C26H30N4O7S. The number of allylic oxidation sites excluding steroid dienone is 1. The highest BCUT2D eigenvalue weighted by Gasteiger charge is 2.23. The number of anilines is 1. The Morgan fingerprint density at radius 2 is 1.63 bits per heavy atom. The summed E-state index contributed by atoms with van der Waals surface area (Å²) in [4.78, 5) is 36.4. The van der Waals surface area contributed by atoms with E-state index in [-0.39, 0.29) is 28.8 Å². The van der Waals surface area contributed by atoms with E-state index in [9.17, 15) is 19.7 Å². The average molecular weight is 543 g/mol. The Morgan fingerprint density at radius 3 is 2.18 bits per heavy atom. The van der Waals surface area contributed by atoms with Crippen LogP contribution in [0.1, 0.15) is 31.1 Å². The lowest BCUT2D eigenvalue weighted by atomic mass is 10.2. The minimum Gasteiger partial charge on any atom is -0.492 e. The number of carbonyl (C=O) groups is 2. The van der Waals surface area contributed by atoms with Crippen LogP contribution >= 0.6 is 11.3 Å². The Labute approximate surface area is 224 Å². The molecule has 0 saturated heterocycles. The minimum atomic E-state index is -0.708. The van der Waals surface area contributed by atoms with Crippen LogP contribution in [0.5, 0.6) is 0 Å². The third-order valence-electron chi connectivity index (χ3n) is 4.90. The number of hydrogen-bond donors (Lipinski definition) is 0. The van der Waals surface area contributed by atoms with Gasteiger partial charge >= 0.3 is 16.9 Å². The minimum absolute atomic E-state index is 0.0178. The highest BCUT2D eigenvalue weighted by atomic mass is 32.1. The molecule has 202 valence electrons. The molecule has 0 aliphatic rings. The average Bonchev–Trinajstić information content (AvgIpc) is 3.31. The van der Waals surface area contributed by atoms with E-state index in [2.05, 4.69) is 30.0 Å². The number of carbonyl (C=O) groups excluding carboxylic acids is 2. The molecule has 0 radical (unpaired) electrons. The van der Waals surface area contributed by atoms with Crippen molar-refractivity contribution in [1.82, 2.24) is 0 Å². The van der Waals surface area contributed by atoms with Crippen LogP contribution in [0.25, 0.3) is 0 Å². The van der Waals surface area contributed by atoms with Crippen LogP contribution in [0.4, 0.5) is 21.4 Å². The van der Waals surface area contributed by atoms with E-state index in [4.69, 9.17) is 14.2 Å². The monoisotopic (exact) mass is 542 g/mol. The number of ether oxygens (including phenoxy) is 3. The Morgan fingerprint density at radius 1 is 1.00 bits per heavy atom. The van der Waals surface area contributed by atoms with Crippen molar-refractivity contribution in [3.05, 3.63) is 82.7 Å². The normalized spacial score (nSPS) is 10.6. The summed E-state index contributed by atoms with van der Waals surface area (Å²) in [6.45, 7) is 17.7. The van der Waals surface area contributed by atoms with Crippen molar-refractivity contribution in [3.63, 3.8) is 0 Å². The third kappa shape index (κ3) is 8.96. The van der Waals surface area contributed by atoms with Crippen LogP contribution in [0.3, 0.4) is 0 Å². The first-order valence-electron chi connectivity index (χ1n) is 11.6. The van der Waals surface area contributed by atoms with Gasteiger partial charge in [0.2, 0.25) is 0 Å². The maximum absolute atomic E-state index is 12.2. The molecule has 0 fully saturated rings. The molecular weight excluding hydrogens is 512 g/mol. The highest BCUT2D eigenvalue weighted by Crippen LogP contribution is 2.37. The van der Waals surface area contributed by atoms with Crippen LogP contribution in [-0.2, 0) is 19.0 Å². The first-order chi connectivity index (χ1) is 18.0. The molecule has 2 aromatic rings. The molecule has 1 aromatic heterocycles. The van der Waals surface area contributed by atoms with Gasteiger partial charge in [-0.25, -0.2) is 9.59 Å².